The zero-order chi connectivity index (χ0) is 10.0. The molecular formula is C11H16N2. The van der Waals surface area contributed by atoms with E-state index in [4.69, 9.17) is 11.1 Å². The van der Waals surface area contributed by atoms with Crippen molar-refractivity contribution >= 4 is 5.84 Å². The minimum atomic E-state index is 0.153. The molecule has 1 rings (SSSR count). The van der Waals surface area contributed by atoms with E-state index in [2.05, 4.69) is 19.9 Å². The molecule has 3 N–H and O–H groups in total. The fourth-order valence-electron chi connectivity index (χ4n) is 1.29. The van der Waals surface area contributed by atoms with Gasteiger partial charge in [0.05, 0.1) is 0 Å². The second-order valence-corrected chi connectivity index (χ2v) is 3.64. The van der Waals surface area contributed by atoms with Gasteiger partial charge in [-0.05, 0) is 30.0 Å². The number of hydrogen-bond donors (Lipinski definition) is 2. The summed E-state index contributed by atoms with van der Waals surface area (Å²) < 4.78 is 0. The van der Waals surface area contributed by atoms with Crippen LogP contribution in [0.1, 0.15) is 36.5 Å². The third-order valence-electron chi connectivity index (χ3n) is 2.22. The number of nitrogens with one attached hydrogen (secondary N) is 1. The molecule has 0 spiro atoms. The Morgan fingerprint density at radius 3 is 2.46 bits per heavy atom. The minimum absolute atomic E-state index is 0.153. The highest BCUT2D eigenvalue weighted by Crippen LogP contribution is 2.17. The lowest BCUT2D eigenvalue weighted by molar-refractivity contribution is 0.865. The van der Waals surface area contributed by atoms with Gasteiger partial charge in [-0.15, -0.1) is 0 Å². The molecule has 0 bridgehead atoms. The van der Waals surface area contributed by atoms with Crippen LogP contribution >= 0.6 is 0 Å². The molecule has 0 aliphatic carbocycles. The van der Waals surface area contributed by atoms with Gasteiger partial charge in [0.15, 0.2) is 0 Å². The Morgan fingerprint density at radius 2 is 2.00 bits per heavy atom. The van der Waals surface area contributed by atoms with Crippen molar-refractivity contribution in [3.63, 3.8) is 0 Å². The summed E-state index contributed by atoms with van der Waals surface area (Å²) in [6.45, 7) is 6.24. The van der Waals surface area contributed by atoms with Gasteiger partial charge in [-0.1, -0.05) is 26.0 Å². The standard InChI is InChI=1S/C11H16N2/c1-7(2)9-5-4-8(3)10(6-9)11(12)13/h4-7H,1-3H3,(H3,12,13). The highest BCUT2D eigenvalue weighted by Gasteiger charge is 2.05. The molecule has 1 aromatic rings. The van der Waals surface area contributed by atoms with Crippen molar-refractivity contribution in [2.75, 3.05) is 0 Å². The number of nitrogen functional groups attached to an aromatic ring is 1. The van der Waals surface area contributed by atoms with Gasteiger partial charge in [0, 0.05) is 5.56 Å². The maximum atomic E-state index is 7.39. The van der Waals surface area contributed by atoms with Crippen molar-refractivity contribution in [1.29, 1.82) is 5.41 Å². The number of rotatable bonds is 2. The summed E-state index contributed by atoms with van der Waals surface area (Å²) in [4.78, 5) is 0. The van der Waals surface area contributed by atoms with Crippen LogP contribution < -0.4 is 5.73 Å². The van der Waals surface area contributed by atoms with Gasteiger partial charge in [-0.3, -0.25) is 5.41 Å². The molecule has 0 amide bonds. The summed E-state index contributed by atoms with van der Waals surface area (Å²) in [5.41, 5.74) is 8.62. The minimum Gasteiger partial charge on any atom is -0.384 e. The monoisotopic (exact) mass is 176 g/mol. The molecule has 0 heterocycles. The van der Waals surface area contributed by atoms with Gasteiger partial charge in [-0.25, -0.2) is 0 Å². The van der Waals surface area contributed by atoms with Crippen LogP contribution in [0.2, 0.25) is 0 Å². The Labute approximate surface area is 79.3 Å². The predicted octanol–water partition coefficient (Wildman–Crippen LogP) is 2.40. The Balaban J connectivity index is 3.19. The molecule has 70 valence electrons. The molecule has 0 fully saturated rings. The maximum absolute atomic E-state index is 7.39. The van der Waals surface area contributed by atoms with Crippen molar-refractivity contribution in [2.24, 2.45) is 5.73 Å². The summed E-state index contributed by atoms with van der Waals surface area (Å²) in [5.74, 6) is 0.638. The second kappa shape index (κ2) is 3.60. The molecular weight excluding hydrogens is 160 g/mol. The molecule has 13 heavy (non-hydrogen) atoms. The average Bonchev–Trinajstić information content (AvgIpc) is 2.04. The van der Waals surface area contributed by atoms with E-state index in [0.29, 0.717) is 5.92 Å². The summed E-state index contributed by atoms with van der Waals surface area (Å²) in [7, 11) is 0. The Morgan fingerprint density at radius 1 is 1.38 bits per heavy atom. The summed E-state index contributed by atoms with van der Waals surface area (Å²) >= 11 is 0. The maximum Gasteiger partial charge on any atom is 0.123 e. The number of aryl methyl sites for hydroxylation is 1. The Kier molecular flexibility index (Phi) is 2.71. The fraction of sp³-hybridized carbons (Fsp3) is 0.364. The number of benzene rings is 1. The largest absolute Gasteiger partial charge is 0.384 e. The molecule has 0 saturated carbocycles. The van der Waals surface area contributed by atoms with E-state index >= 15 is 0 Å². The van der Waals surface area contributed by atoms with Gasteiger partial charge < -0.3 is 5.73 Å². The SMILES string of the molecule is Cc1ccc(C(C)C)cc1C(=N)N. The van der Waals surface area contributed by atoms with Gasteiger partial charge >= 0.3 is 0 Å². The van der Waals surface area contributed by atoms with Crippen LogP contribution in [0.4, 0.5) is 0 Å². The van der Waals surface area contributed by atoms with Crippen LogP contribution in [0.5, 0.6) is 0 Å². The van der Waals surface area contributed by atoms with E-state index in [0.717, 1.165) is 11.1 Å². The van der Waals surface area contributed by atoms with E-state index in [1.54, 1.807) is 0 Å². The molecule has 0 unspecified atom stereocenters. The van der Waals surface area contributed by atoms with Crippen molar-refractivity contribution in [3.8, 4) is 0 Å². The normalized spacial score (nSPS) is 10.5. The lowest BCUT2D eigenvalue weighted by atomic mass is 9.97. The molecule has 0 saturated heterocycles. The lowest BCUT2D eigenvalue weighted by Crippen LogP contribution is -2.13. The third kappa shape index (κ3) is 2.08. The van der Waals surface area contributed by atoms with E-state index in [1.807, 2.05) is 19.1 Å². The third-order valence-corrected chi connectivity index (χ3v) is 2.22. The average molecular weight is 176 g/mol. The van der Waals surface area contributed by atoms with Crippen molar-refractivity contribution < 1.29 is 0 Å². The van der Waals surface area contributed by atoms with Crippen molar-refractivity contribution in [1.82, 2.24) is 0 Å². The van der Waals surface area contributed by atoms with Gasteiger partial charge in [0.1, 0.15) is 5.84 Å². The predicted molar refractivity (Wildman–Crippen MR) is 56.3 cm³/mol. The van der Waals surface area contributed by atoms with E-state index in [9.17, 15) is 0 Å². The molecule has 0 radical (unpaired) electrons. The second-order valence-electron chi connectivity index (χ2n) is 3.64. The zero-order valence-corrected chi connectivity index (χ0v) is 8.39. The van der Waals surface area contributed by atoms with Crippen LogP contribution in [0.3, 0.4) is 0 Å². The molecule has 0 aromatic heterocycles. The molecule has 2 nitrogen and oxygen atoms in total. The van der Waals surface area contributed by atoms with E-state index in [1.165, 1.54) is 5.56 Å². The molecule has 0 aliphatic rings. The van der Waals surface area contributed by atoms with Gasteiger partial charge in [-0.2, -0.15) is 0 Å². The fourth-order valence-corrected chi connectivity index (χ4v) is 1.29. The number of hydrogen-bond acceptors (Lipinski definition) is 1. The Hall–Kier alpha value is -1.31. The van der Waals surface area contributed by atoms with Crippen molar-refractivity contribution in [2.45, 2.75) is 26.7 Å². The van der Waals surface area contributed by atoms with Gasteiger partial charge in [0.25, 0.3) is 0 Å². The van der Waals surface area contributed by atoms with Gasteiger partial charge in [0.2, 0.25) is 0 Å². The summed E-state index contributed by atoms with van der Waals surface area (Å²) in [6, 6.07) is 6.11. The van der Waals surface area contributed by atoms with Crippen molar-refractivity contribution in [3.05, 3.63) is 34.9 Å². The Bertz CT molecular complexity index is 327. The molecule has 2 heteroatoms. The highest BCUT2D eigenvalue weighted by atomic mass is 14.7. The van der Waals surface area contributed by atoms with Crippen LogP contribution in [0.15, 0.2) is 18.2 Å². The number of nitrogens with two attached hydrogens (primary N) is 1. The first-order valence-electron chi connectivity index (χ1n) is 4.47. The summed E-state index contributed by atoms with van der Waals surface area (Å²) in [5, 5.41) is 7.39. The first-order chi connectivity index (χ1) is 6.02. The first-order valence-corrected chi connectivity index (χ1v) is 4.47. The van der Waals surface area contributed by atoms with E-state index < -0.39 is 0 Å². The molecule has 1 aromatic carbocycles. The zero-order valence-electron chi connectivity index (χ0n) is 8.39. The van der Waals surface area contributed by atoms with Crippen LogP contribution in [0, 0.1) is 12.3 Å². The van der Waals surface area contributed by atoms with E-state index in [-0.39, 0.29) is 5.84 Å². The molecule has 0 aliphatic heterocycles. The van der Waals surface area contributed by atoms with Crippen LogP contribution in [-0.2, 0) is 0 Å². The first kappa shape index (κ1) is 9.78. The van der Waals surface area contributed by atoms with Crippen LogP contribution in [0.25, 0.3) is 0 Å². The smallest absolute Gasteiger partial charge is 0.123 e. The lowest BCUT2D eigenvalue weighted by Gasteiger charge is -2.09. The highest BCUT2D eigenvalue weighted by molar-refractivity contribution is 5.96. The number of amidine groups is 1. The van der Waals surface area contributed by atoms with Crippen LogP contribution in [-0.4, -0.2) is 5.84 Å². The molecule has 0 atom stereocenters. The summed E-state index contributed by atoms with van der Waals surface area (Å²) in [6.07, 6.45) is 0. The quantitative estimate of drug-likeness (QED) is 0.527. The topological polar surface area (TPSA) is 49.9 Å².